The van der Waals surface area contributed by atoms with Gasteiger partial charge in [-0.2, -0.15) is 17.0 Å². The number of nitrogens with zero attached hydrogens (tertiary/aromatic N) is 2. The van der Waals surface area contributed by atoms with Crippen LogP contribution in [0.1, 0.15) is 51.4 Å². The predicted octanol–water partition coefficient (Wildman–Crippen LogP) is 1.57. The molecular formula is C15H29N3O2S. The Bertz CT molecular complexity index is 444. The molecule has 1 aliphatic heterocycles. The van der Waals surface area contributed by atoms with Crippen molar-refractivity contribution in [1.82, 2.24) is 13.9 Å². The molecule has 2 aliphatic carbocycles. The van der Waals surface area contributed by atoms with Crippen LogP contribution in [0.15, 0.2) is 0 Å². The highest BCUT2D eigenvalue weighted by Gasteiger charge is 2.36. The fourth-order valence-electron chi connectivity index (χ4n) is 3.66. The van der Waals surface area contributed by atoms with E-state index in [9.17, 15) is 8.42 Å². The highest BCUT2D eigenvalue weighted by atomic mass is 32.2. The van der Waals surface area contributed by atoms with Gasteiger partial charge in [0.2, 0.25) is 0 Å². The fourth-order valence-corrected chi connectivity index (χ4v) is 5.37. The van der Waals surface area contributed by atoms with Gasteiger partial charge < -0.3 is 5.32 Å². The summed E-state index contributed by atoms with van der Waals surface area (Å²) in [5.74, 6) is 0.478. The van der Waals surface area contributed by atoms with Gasteiger partial charge in [-0.1, -0.05) is 12.8 Å². The maximum atomic E-state index is 12.8. The first-order valence-corrected chi connectivity index (χ1v) is 9.93. The summed E-state index contributed by atoms with van der Waals surface area (Å²) in [5, 5.41) is 3.55. The monoisotopic (exact) mass is 315 g/mol. The van der Waals surface area contributed by atoms with E-state index in [0.717, 1.165) is 32.2 Å². The van der Waals surface area contributed by atoms with Crippen molar-refractivity contribution in [2.45, 2.75) is 63.5 Å². The van der Waals surface area contributed by atoms with Crippen LogP contribution in [-0.2, 0) is 10.2 Å². The highest BCUT2D eigenvalue weighted by Crippen LogP contribution is 2.28. The lowest BCUT2D eigenvalue weighted by Gasteiger charge is -2.36. The quantitative estimate of drug-likeness (QED) is 0.809. The van der Waals surface area contributed by atoms with Crippen molar-refractivity contribution in [1.29, 1.82) is 0 Å². The maximum Gasteiger partial charge on any atom is 0.281 e. The van der Waals surface area contributed by atoms with Gasteiger partial charge in [-0.25, -0.2) is 0 Å². The van der Waals surface area contributed by atoms with Gasteiger partial charge in [0.1, 0.15) is 0 Å². The van der Waals surface area contributed by atoms with E-state index in [1.807, 2.05) is 0 Å². The number of nitrogens with one attached hydrogen (secondary N) is 1. The molecule has 0 amide bonds. The zero-order valence-electron chi connectivity index (χ0n) is 13.1. The van der Waals surface area contributed by atoms with E-state index in [2.05, 4.69) is 5.32 Å². The molecule has 0 aromatic rings. The molecule has 6 heteroatoms. The first-order chi connectivity index (χ1) is 10.1. The molecule has 3 rings (SSSR count). The molecule has 0 bridgehead atoms. The fraction of sp³-hybridized carbons (Fsp3) is 1.00. The van der Waals surface area contributed by atoms with Crippen LogP contribution in [-0.4, -0.2) is 55.8 Å². The third-order valence-electron chi connectivity index (χ3n) is 5.28. The van der Waals surface area contributed by atoms with E-state index < -0.39 is 10.2 Å². The SMILES string of the molecule is CN(C1CCCC1)S(=O)(=O)N1CCCC(CNC2CC2)C1. The summed E-state index contributed by atoms with van der Waals surface area (Å²) >= 11 is 0. The third-order valence-corrected chi connectivity index (χ3v) is 7.29. The van der Waals surface area contributed by atoms with Crippen molar-refractivity contribution < 1.29 is 8.42 Å². The topological polar surface area (TPSA) is 52.7 Å². The molecule has 5 nitrogen and oxygen atoms in total. The largest absolute Gasteiger partial charge is 0.314 e. The van der Waals surface area contributed by atoms with Crippen molar-refractivity contribution in [3.05, 3.63) is 0 Å². The molecule has 3 fully saturated rings. The maximum absolute atomic E-state index is 12.8. The van der Waals surface area contributed by atoms with E-state index in [1.54, 1.807) is 15.7 Å². The lowest BCUT2D eigenvalue weighted by atomic mass is 10.00. The zero-order valence-corrected chi connectivity index (χ0v) is 13.9. The van der Waals surface area contributed by atoms with Gasteiger partial charge in [0.05, 0.1) is 0 Å². The molecule has 1 heterocycles. The second kappa shape index (κ2) is 6.52. The van der Waals surface area contributed by atoms with Gasteiger partial charge in [-0.3, -0.25) is 0 Å². The van der Waals surface area contributed by atoms with Crippen LogP contribution in [0.4, 0.5) is 0 Å². The van der Waals surface area contributed by atoms with Gasteiger partial charge in [-0.15, -0.1) is 0 Å². The highest BCUT2D eigenvalue weighted by molar-refractivity contribution is 7.86. The lowest BCUT2D eigenvalue weighted by molar-refractivity contribution is 0.237. The Balaban J connectivity index is 1.57. The van der Waals surface area contributed by atoms with E-state index in [0.29, 0.717) is 25.0 Å². The Morgan fingerprint density at radius 2 is 1.81 bits per heavy atom. The summed E-state index contributed by atoms with van der Waals surface area (Å²) < 4.78 is 29.0. The second-order valence-electron chi connectivity index (χ2n) is 7.01. The summed E-state index contributed by atoms with van der Waals surface area (Å²) in [6.45, 7) is 2.36. The molecule has 1 saturated heterocycles. The molecule has 1 atom stereocenters. The molecule has 21 heavy (non-hydrogen) atoms. The Labute approximate surface area is 129 Å². The van der Waals surface area contributed by atoms with Crippen molar-refractivity contribution in [2.24, 2.45) is 5.92 Å². The van der Waals surface area contributed by atoms with Crippen LogP contribution in [0.25, 0.3) is 0 Å². The zero-order chi connectivity index (χ0) is 14.9. The van der Waals surface area contributed by atoms with Gasteiger partial charge in [0, 0.05) is 32.2 Å². The minimum absolute atomic E-state index is 0.222. The smallest absolute Gasteiger partial charge is 0.281 e. The van der Waals surface area contributed by atoms with E-state index in [1.165, 1.54) is 25.7 Å². The molecular weight excluding hydrogens is 286 g/mol. The summed E-state index contributed by atoms with van der Waals surface area (Å²) in [5.41, 5.74) is 0. The van der Waals surface area contributed by atoms with Crippen molar-refractivity contribution in [3.8, 4) is 0 Å². The Kier molecular flexibility index (Phi) is 4.88. The molecule has 0 aromatic heterocycles. The second-order valence-corrected chi connectivity index (χ2v) is 9.00. The van der Waals surface area contributed by atoms with Crippen molar-refractivity contribution >= 4 is 10.2 Å². The van der Waals surface area contributed by atoms with Crippen LogP contribution >= 0.6 is 0 Å². The molecule has 0 spiro atoms. The third kappa shape index (κ3) is 3.78. The number of hydrogen-bond donors (Lipinski definition) is 1. The van der Waals surface area contributed by atoms with Gasteiger partial charge in [0.25, 0.3) is 10.2 Å². The standard InChI is InChI=1S/C15H29N3O2S/c1-17(15-6-2-3-7-15)21(19,20)18-10-4-5-13(12-18)11-16-14-8-9-14/h13-16H,2-12H2,1H3. The van der Waals surface area contributed by atoms with Crippen LogP contribution in [0.2, 0.25) is 0 Å². The van der Waals surface area contributed by atoms with Crippen LogP contribution < -0.4 is 5.32 Å². The molecule has 2 saturated carbocycles. The van der Waals surface area contributed by atoms with Crippen LogP contribution in [0, 0.1) is 5.92 Å². The van der Waals surface area contributed by atoms with E-state index in [4.69, 9.17) is 0 Å². The predicted molar refractivity (Wildman–Crippen MR) is 84.3 cm³/mol. The summed E-state index contributed by atoms with van der Waals surface area (Å²) in [6.07, 6.45) is 9.11. The molecule has 0 aromatic carbocycles. The Morgan fingerprint density at radius 3 is 2.48 bits per heavy atom. The molecule has 122 valence electrons. The normalized spacial score (nSPS) is 29.3. The molecule has 0 radical (unpaired) electrons. The van der Waals surface area contributed by atoms with Gasteiger partial charge in [-0.05, 0) is 51.0 Å². The summed E-state index contributed by atoms with van der Waals surface area (Å²) in [6, 6.07) is 0.929. The number of hydrogen-bond acceptors (Lipinski definition) is 3. The average Bonchev–Trinajstić information content (AvgIpc) is 3.16. The van der Waals surface area contributed by atoms with E-state index in [-0.39, 0.29) is 6.04 Å². The molecule has 3 aliphatic rings. The molecule has 1 unspecified atom stereocenters. The van der Waals surface area contributed by atoms with Crippen molar-refractivity contribution in [2.75, 3.05) is 26.7 Å². The Morgan fingerprint density at radius 1 is 1.10 bits per heavy atom. The first kappa shape index (κ1) is 15.7. The van der Waals surface area contributed by atoms with Crippen LogP contribution in [0.5, 0.6) is 0 Å². The minimum atomic E-state index is -3.26. The number of rotatable bonds is 6. The van der Waals surface area contributed by atoms with E-state index >= 15 is 0 Å². The summed E-state index contributed by atoms with van der Waals surface area (Å²) in [7, 11) is -1.49. The average molecular weight is 315 g/mol. The first-order valence-electron chi connectivity index (χ1n) is 8.54. The Hall–Kier alpha value is -0.170. The van der Waals surface area contributed by atoms with Gasteiger partial charge >= 0.3 is 0 Å². The van der Waals surface area contributed by atoms with Gasteiger partial charge in [0.15, 0.2) is 0 Å². The molecule has 1 N–H and O–H groups in total. The number of piperidine rings is 1. The summed E-state index contributed by atoms with van der Waals surface area (Å²) in [4.78, 5) is 0. The van der Waals surface area contributed by atoms with Crippen molar-refractivity contribution in [3.63, 3.8) is 0 Å². The van der Waals surface area contributed by atoms with Crippen LogP contribution in [0.3, 0.4) is 0 Å². The lowest BCUT2D eigenvalue weighted by Crippen LogP contribution is -2.50. The minimum Gasteiger partial charge on any atom is -0.314 e.